The molecule has 0 bridgehead atoms. The van der Waals surface area contributed by atoms with E-state index in [4.69, 9.17) is 5.73 Å². The van der Waals surface area contributed by atoms with E-state index < -0.39 is 0 Å². The van der Waals surface area contributed by atoms with Crippen molar-refractivity contribution in [1.29, 1.82) is 0 Å². The van der Waals surface area contributed by atoms with Gasteiger partial charge in [-0.1, -0.05) is 0 Å². The number of pyridine rings is 1. The predicted molar refractivity (Wildman–Crippen MR) is 101 cm³/mol. The molecule has 2 N–H and O–H groups in total. The Kier molecular flexibility index (Phi) is 5.06. The third-order valence-corrected chi connectivity index (χ3v) is 4.59. The standard InChI is InChI=1S/C19H23N5O2/c1-14(11-15-5-3-7-21-19(15)20)16-6-4-8-23(16)13-18(26)24-10-9-22(2)17(25)12-24/h3-8,11H,9-10,12-13H2,1-2H3,(H2,20,21)/b14-11+. The topological polar surface area (TPSA) is 84.5 Å². The summed E-state index contributed by atoms with van der Waals surface area (Å²) in [6, 6.07) is 7.60. The number of amides is 2. The van der Waals surface area contributed by atoms with E-state index in [-0.39, 0.29) is 24.9 Å². The van der Waals surface area contributed by atoms with Gasteiger partial charge in [0.2, 0.25) is 11.8 Å². The monoisotopic (exact) mass is 353 g/mol. The molecular weight excluding hydrogens is 330 g/mol. The van der Waals surface area contributed by atoms with Gasteiger partial charge in [0, 0.05) is 43.8 Å². The van der Waals surface area contributed by atoms with Crippen molar-refractivity contribution in [1.82, 2.24) is 19.4 Å². The van der Waals surface area contributed by atoms with Crippen LogP contribution >= 0.6 is 0 Å². The van der Waals surface area contributed by atoms with Gasteiger partial charge in [0.05, 0.1) is 6.54 Å². The van der Waals surface area contributed by atoms with Crippen LogP contribution in [0.25, 0.3) is 11.6 Å². The predicted octanol–water partition coefficient (Wildman–Crippen LogP) is 1.33. The molecule has 1 aliphatic rings. The minimum Gasteiger partial charge on any atom is -0.383 e. The maximum atomic E-state index is 12.6. The zero-order valence-electron chi connectivity index (χ0n) is 15.1. The first kappa shape index (κ1) is 17.7. The quantitative estimate of drug-likeness (QED) is 0.899. The number of aromatic nitrogens is 2. The summed E-state index contributed by atoms with van der Waals surface area (Å²) in [5.41, 5.74) is 8.66. The highest BCUT2D eigenvalue weighted by Gasteiger charge is 2.25. The third-order valence-electron chi connectivity index (χ3n) is 4.59. The van der Waals surface area contributed by atoms with Gasteiger partial charge in [0.1, 0.15) is 12.4 Å². The molecule has 3 rings (SSSR count). The molecule has 0 aromatic carbocycles. The summed E-state index contributed by atoms with van der Waals surface area (Å²) in [5, 5.41) is 0. The molecule has 0 radical (unpaired) electrons. The molecule has 1 saturated heterocycles. The van der Waals surface area contributed by atoms with E-state index in [1.165, 1.54) is 0 Å². The SMILES string of the molecule is C/C(=C\c1cccnc1N)c1cccn1CC(=O)N1CCN(C)C(=O)C1. The molecule has 0 saturated carbocycles. The summed E-state index contributed by atoms with van der Waals surface area (Å²) in [7, 11) is 1.76. The van der Waals surface area contributed by atoms with E-state index in [0.717, 1.165) is 16.8 Å². The number of hydrogen-bond acceptors (Lipinski definition) is 4. The van der Waals surface area contributed by atoms with Crippen molar-refractivity contribution in [2.45, 2.75) is 13.5 Å². The van der Waals surface area contributed by atoms with Gasteiger partial charge in [-0.05, 0) is 42.8 Å². The molecule has 0 aliphatic carbocycles. The highest BCUT2D eigenvalue weighted by Crippen LogP contribution is 2.21. The lowest BCUT2D eigenvalue weighted by molar-refractivity contribution is -0.144. The van der Waals surface area contributed by atoms with E-state index in [1.54, 1.807) is 23.0 Å². The summed E-state index contributed by atoms with van der Waals surface area (Å²) in [6.45, 7) is 3.46. The number of carbonyl (C=O) groups is 2. The molecule has 2 aromatic rings. The molecular formula is C19H23N5O2. The summed E-state index contributed by atoms with van der Waals surface area (Å²) in [4.78, 5) is 31.8. The van der Waals surface area contributed by atoms with Gasteiger partial charge in [0.25, 0.3) is 0 Å². The van der Waals surface area contributed by atoms with Crippen molar-refractivity contribution in [2.75, 3.05) is 32.4 Å². The summed E-state index contributed by atoms with van der Waals surface area (Å²) >= 11 is 0. The Morgan fingerprint density at radius 1 is 1.31 bits per heavy atom. The van der Waals surface area contributed by atoms with Crippen LogP contribution in [-0.2, 0) is 16.1 Å². The Morgan fingerprint density at radius 3 is 2.85 bits per heavy atom. The van der Waals surface area contributed by atoms with Gasteiger partial charge in [0.15, 0.2) is 0 Å². The molecule has 2 amide bonds. The number of piperazine rings is 1. The first-order valence-electron chi connectivity index (χ1n) is 8.52. The van der Waals surface area contributed by atoms with Crippen molar-refractivity contribution >= 4 is 29.3 Å². The van der Waals surface area contributed by atoms with Crippen molar-refractivity contribution in [3.05, 3.63) is 47.9 Å². The molecule has 3 heterocycles. The molecule has 7 heteroatoms. The van der Waals surface area contributed by atoms with Crippen molar-refractivity contribution in [3.8, 4) is 0 Å². The number of allylic oxidation sites excluding steroid dienone is 1. The minimum absolute atomic E-state index is 0.0274. The normalized spacial score (nSPS) is 15.5. The number of nitrogens with zero attached hydrogens (tertiary/aromatic N) is 4. The highest BCUT2D eigenvalue weighted by atomic mass is 16.2. The second-order valence-electron chi connectivity index (χ2n) is 6.46. The van der Waals surface area contributed by atoms with Crippen LogP contribution in [0.1, 0.15) is 18.2 Å². The summed E-state index contributed by atoms with van der Waals surface area (Å²) in [5.74, 6) is 0.384. The van der Waals surface area contributed by atoms with Crippen LogP contribution in [0, 0.1) is 0 Å². The van der Waals surface area contributed by atoms with Crippen LogP contribution < -0.4 is 5.73 Å². The fourth-order valence-electron chi connectivity index (χ4n) is 2.99. The fourth-order valence-corrected chi connectivity index (χ4v) is 2.99. The first-order chi connectivity index (χ1) is 12.5. The van der Waals surface area contributed by atoms with E-state index in [9.17, 15) is 9.59 Å². The van der Waals surface area contributed by atoms with Crippen molar-refractivity contribution in [2.24, 2.45) is 0 Å². The zero-order valence-corrected chi connectivity index (χ0v) is 15.1. The Hall–Kier alpha value is -3.09. The molecule has 7 nitrogen and oxygen atoms in total. The molecule has 2 aromatic heterocycles. The zero-order chi connectivity index (χ0) is 18.7. The fraction of sp³-hybridized carbons (Fsp3) is 0.316. The minimum atomic E-state index is -0.0578. The molecule has 1 fully saturated rings. The number of nitrogens with two attached hydrogens (primary N) is 1. The maximum Gasteiger partial charge on any atom is 0.243 e. The highest BCUT2D eigenvalue weighted by molar-refractivity contribution is 5.86. The van der Waals surface area contributed by atoms with Gasteiger partial charge in [-0.3, -0.25) is 9.59 Å². The van der Waals surface area contributed by atoms with Gasteiger partial charge in [-0.15, -0.1) is 0 Å². The van der Waals surface area contributed by atoms with E-state index in [1.807, 2.05) is 48.0 Å². The number of anilines is 1. The molecule has 0 unspecified atom stereocenters. The summed E-state index contributed by atoms with van der Waals surface area (Å²) < 4.78 is 1.89. The smallest absolute Gasteiger partial charge is 0.243 e. The van der Waals surface area contributed by atoms with Crippen LogP contribution in [0.4, 0.5) is 5.82 Å². The average Bonchev–Trinajstić information content (AvgIpc) is 3.07. The molecule has 136 valence electrons. The number of nitrogen functional groups attached to an aromatic ring is 1. The Labute approximate surface area is 152 Å². The lowest BCUT2D eigenvalue weighted by Crippen LogP contribution is -2.51. The van der Waals surface area contributed by atoms with Crippen LogP contribution in [0.5, 0.6) is 0 Å². The van der Waals surface area contributed by atoms with E-state index in [2.05, 4.69) is 4.98 Å². The first-order valence-corrected chi connectivity index (χ1v) is 8.52. The van der Waals surface area contributed by atoms with Gasteiger partial charge in [-0.2, -0.15) is 0 Å². The lowest BCUT2D eigenvalue weighted by Gasteiger charge is -2.32. The number of likely N-dealkylation sites (N-methyl/N-ethyl adjacent to an activating group) is 1. The Morgan fingerprint density at radius 2 is 2.12 bits per heavy atom. The molecule has 1 aliphatic heterocycles. The average molecular weight is 353 g/mol. The van der Waals surface area contributed by atoms with Gasteiger partial charge in [-0.25, -0.2) is 4.98 Å². The number of hydrogen-bond donors (Lipinski definition) is 1. The van der Waals surface area contributed by atoms with Gasteiger partial charge >= 0.3 is 0 Å². The Bertz CT molecular complexity index is 855. The molecule has 0 spiro atoms. The number of carbonyl (C=O) groups excluding carboxylic acids is 2. The van der Waals surface area contributed by atoms with Crippen molar-refractivity contribution < 1.29 is 9.59 Å². The van der Waals surface area contributed by atoms with E-state index in [0.29, 0.717) is 18.9 Å². The number of rotatable bonds is 4. The van der Waals surface area contributed by atoms with Gasteiger partial charge < -0.3 is 20.1 Å². The third kappa shape index (κ3) is 3.77. The second-order valence-corrected chi connectivity index (χ2v) is 6.46. The van der Waals surface area contributed by atoms with Crippen LogP contribution in [0.3, 0.4) is 0 Å². The van der Waals surface area contributed by atoms with Crippen molar-refractivity contribution in [3.63, 3.8) is 0 Å². The van der Waals surface area contributed by atoms with Crippen LogP contribution in [-0.4, -0.2) is 57.8 Å². The van der Waals surface area contributed by atoms with Crippen LogP contribution in [0.2, 0.25) is 0 Å². The van der Waals surface area contributed by atoms with E-state index >= 15 is 0 Å². The second kappa shape index (κ2) is 7.43. The Balaban J connectivity index is 1.75. The van der Waals surface area contributed by atoms with Crippen LogP contribution in [0.15, 0.2) is 36.7 Å². The summed E-state index contributed by atoms with van der Waals surface area (Å²) in [6.07, 6.45) is 5.48. The largest absolute Gasteiger partial charge is 0.383 e. The molecule has 26 heavy (non-hydrogen) atoms. The lowest BCUT2D eigenvalue weighted by atomic mass is 10.1. The molecule has 0 atom stereocenters. The maximum absolute atomic E-state index is 12.6.